The molecule has 0 amide bonds. The summed E-state index contributed by atoms with van der Waals surface area (Å²) in [5.74, 6) is 2.52. The van der Waals surface area contributed by atoms with Crippen LogP contribution in [-0.2, 0) is 0 Å². The molecule has 1 saturated carbocycles. The third-order valence-electron chi connectivity index (χ3n) is 5.06. The number of nitrogens with one attached hydrogen (secondary N) is 1. The summed E-state index contributed by atoms with van der Waals surface area (Å²) in [5, 5.41) is 3.77. The molecular weight excluding hydrogens is 264 g/mol. The Kier molecular flexibility index (Phi) is 3.34. The van der Waals surface area contributed by atoms with Gasteiger partial charge in [-0.1, -0.05) is 12.8 Å². The summed E-state index contributed by atoms with van der Waals surface area (Å²) in [4.78, 5) is 4.67. The standard InChI is InChI=1S/C17H22N2O2/c1-20-12-7-9-16-15(10-12)19-17(21-16)14-8-6-11-4-2-3-5-13(11)18-14/h7,9-11,13-14,18H,2-6,8H2,1H3. The minimum Gasteiger partial charge on any atom is -0.497 e. The maximum atomic E-state index is 5.96. The highest BCUT2D eigenvalue weighted by atomic mass is 16.5. The topological polar surface area (TPSA) is 47.3 Å². The molecule has 4 heteroatoms. The predicted molar refractivity (Wildman–Crippen MR) is 81.4 cm³/mol. The Morgan fingerprint density at radius 1 is 1.19 bits per heavy atom. The molecule has 0 spiro atoms. The van der Waals surface area contributed by atoms with Crippen molar-refractivity contribution in [3.8, 4) is 5.75 Å². The molecule has 112 valence electrons. The van der Waals surface area contributed by atoms with Crippen molar-refractivity contribution in [2.45, 2.75) is 50.6 Å². The van der Waals surface area contributed by atoms with Crippen LogP contribution in [0.5, 0.6) is 5.75 Å². The third kappa shape index (κ3) is 2.42. The van der Waals surface area contributed by atoms with Crippen molar-refractivity contribution in [1.29, 1.82) is 0 Å². The van der Waals surface area contributed by atoms with Crippen LogP contribution in [0.1, 0.15) is 50.5 Å². The lowest BCUT2D eigenvalue weighted by atomic mass is 9.78. The number of nitrogens with zero attached hydrogens (tertiary/aromatic N) is 1. The van der Waals surface area contributed by atoms with Crippen molar-refractivity contribution < 1.29 is 9.15 Å². The number of fused-ring (bicyclic) bond motifs is 2. The van der Waals surface area contributed by atoms with Crippen molar-refractivity contribution in [1.82, 2.24) is 10.3 Å². The van der Waals surface area contributed by atoms with Crippen LogP contribution in [0, 0.1) is 5.92 Å². The summed E-state index contributed by atoms with van der Waals surface area (Å²) in [6, 6.07) is 6.72. The van der Waals surface area contributed by atoms with E-state index in [2.05, 4.69) is 10.3 Å². The highest BCUT2D eigenvalue weighted by Crippen LogP contribution is 2.37. The van der Waals surface area contributed by atoms with Crippen molar-refractivity contribution >= 4 is 11.1 Å². The lowest BCUT2D eigenvalue weighted by Crippen LogP contribution is -2.44. The van der Waals surface area contributed by atoms with Gasteiger partial charge in [0.15, 0.2) is 5.58 Å². The lowest BCUT2D eigenvalue weighted by Gasteiger charge is -2.39. The zero-order chi connectivity index (χ0) is 14.2. The second-order valence-corrected chi connectivity index (χ2v) is 6.33. The molecule has 2 fully saturated rings. The molecule has 3 unspecified atom stereocenters. The van der Waals surface area contributed by atoms with Gasteiger partial charge in [0.1, 0.15) is 11.3 Å². The number of oxazole rings is 1. The normalized spacial score (nSPS) is 29.3. The van der Waals surface area contributed by atoms with Gasteiger partial charge in [-0.15, -0.1) is 0 Å². The van der Waals surface area contributed by atoms with Gasteiger partial charge in [-0.3, -0.25) is 0 Å². The molecule has 4 nitrogen and oxygen atoms in total. The molecule has 2 heterocycles. The lowest BCUT2D eigenvalue weighted by molar-refractivity contribution is 0.164. The SMILES string of the molecule is COc1ccc2oc(C3CCC4CCCCC4N3)nc2c1. The fourth-order valence-electron chi connectivity index (χ4n) is 3.89. The molecule has 1 saturated heterocycles. The van der Waals surface area contributed by atoms with Crippen molar-refractivity contribution in [2.75, 3.05) is 7.11 Å². The summed E-state index contributed by atoms with van der Waals surface area (Å²) in [6.45, 7) is 0. The van der Waals surface area contributed by atoms with Gasteiger partial charge in [0, 0.05) is 12.1 Å². The smallest absolute Gasteiger partial charge is 0.212 e. The first kappa shape index (κ1) is 13.1. The maximum Gasteiger partial charge on any atom is 0.212 e. The average Bonchev–Trinajstić information content (AvgIpc) is 2.97. The molecule has 21 heavy (non-hydrogen) atoms. The molecule has 3 atom stereocenters. The van der Waals surface area contributed by atoms with Gasteiger partial charge in [0.05, 0.1) is 13.2 Å². The first-order valence-electron chi connectivity index (χ1n) is 8.04. The number of benzene rings is 1. The van der Waals surface area contributed by atoms with Crippen molar-refractivity contribution in [2.24, 2.45) is 5.92 Å². The summed E-state index contributed by atoms with van der Waals surface area (Å²) < 4.78 is 11.2. The molecule has 0 radical (unpaired) electrons. The second-order valence-electron chi connectivity index (χ2n) is 6.33. The van der Waals surface area contributed by atoms with E-state index in [0.717, 1.165) is 35.1 Å². The third-order valence-corrected chi connectivity index (χ3v) is 5.06. The van der Waals surface area contributed by atoms with Gasteiger partial charge >= 0.3 is 0 Å². The van der Waals surface area contributed by atoms with Crippen LogP contribution in [0.25, 0.3) is 11.1 Å². The molecule has 1 N–H and O–H groups in total. The Morgan fingerprint density at radius 2 is 2.10 bits per heavy atom. The number of rotatable bonds is 2. The second kappa shape index (κ2) is 5.34. The monoisotopic (exact) mass is 286 g/mol. The highest BCUT2D eigenvalue weighted by molar-refractivity contribution is 5.74. The number of piperidine rings is 1. The van der Waals surface area contributed by atoms with E-state index in [4.69, 9.17) is 9.15 Å². The zero-order valence-corrected chi connectivity index (χ0v) is 12.5. The molecule has 2 aromatic rings. The number of hydrogen-bond donors (Lipinski definition) is 1. The van der Waals surface area contributed by atoms with Crippen molar-refractivity contribution in [3.63, 3.8) is 0 Å². The van der Waals surface area contributed by atoms with Gasteiger partial charge in [0.25, 0.3) is 0 Å². The molecule has 0 bridgehead atoms. The predicted octanol–water partition coefficient (Wildman–Crippen LogP) is 3.82. The van der Waals surface area contributed by atoms with E-state index in [1.165, 1.54) is 32.1 Å². The van der Waals surface area contributed by atoms with Crippen LogP contribution in [0.15, 0.2) is 22.6 Å². The van der Waals surface area contributed by atoms with E-state index in [-0.39, 0.29) is 6.04 Å². The van der Waals surface area contributed by atoms with Crippen LogP contribution in [0.3, 0.4) is 0 Å². The number of ether oxygens (including phenoxy) is 1. The number of hydrogen-bond acceptors (Lipinski definition) is 4. The van der Waals surface area contributed by atoms with E-state index in [1.807, 2.05) is 18.2 Å². The van der Waals surface area contributed by atoms with E-state index >= 15 is 0 Å². The Balaban J connectivity index is 1.58. The first-order valence-corrected chi connectivity index (χ1v) is 8.04. The molecule has 1 aromatic heterocycles. The molecule has 1 aliphatic heterocycles. The molecule has 1 aliphatic carbocycles. The summed E-state index contributed by atoms with van der Waals surface area (Å²) in [5.41, 5.74) is 1.73. The zero-order valence-electron chi connectivity index (χ0n) is 12.5. The number of aromatic nitrogens is 1. The van der Waals surface area contributed by atoms with Crippen LogP contribution >= 0.6 is 0 Å². The van der Waals surface area contributed by atoms with Gasteiger partial charge in [-0.05, 0) is 43.7 Å². The van der Waals surface area contributed by atoms with Gasteiger partial charge in [-0.25, -0.2) is 4.98 Å². The average molecular weight is 286 g/mol. The Hall–Kier alpha value is -1.55. The molecular formula is C17H22N2O2. The van der Waals surface area contributed by atoms with E-state index in [0.29, 0.717) is 6.04 Å². The van der Waals surface area contributed by atoms with Crippen molar-refractivity contribution in [3.05, 3.63) is 24.1 Å². The van der Waals surface area contributed by atoms with Gasteiger partial charge < -0.3 is 14.5 Å². The largest absolute Gasteiger partial charge is 0.497 e. The molecule has 1 aromatic carbocycles. The summed E-state index contributed by atoms with van der Waals surface area (Å²) >= 11 is 0. The van der Waals surface area contributed by atoms with E-state index in [1.54, 1.807) is 7.11 Å². The van der Waals surface area contributed by atoms with Crippen LogP contribution in [0.4, 0.5) is 0 Å². The minimum atomic E-state index is 0.266. The highest BCUT2D eigenvalue weighted by Gasteiger charge is 2.34. The molecule has 4 rings (SSSR count). The number of methoxy groups -OCH3 is 1. The Bertz CT molecular complexity index is 637. The van der Waals surface area contributed by atoms with Crippen LogP contribution in [-0.4, -0.2) is 18.1 Å². The summed E-state index contributed by atoms with van der Waals surface area (Å²) in [7, 11) is 1.67. The Morgan fingerprint density at radius 3 is 3.00 bits per heavy atom. The van der Waals surface area contributed by atoms with E-state index in [9.17, 15) is 0 Å². The summed E-state index contributed by atoms with van der Waals surface area (Å²) in [6.07, 6.45) is 7.86. The van der Waals surface area contributed by atoms with Gasteiger partial charge in [-0.2, -0.15) is 0 Å². The van der Waals surface area contributed by atoms with Crippen LogP contribution < -0.4 is 10.1 Å². The van der Waals surface area contributed by atoms with Crippen LogP contribution in [0.2, 0.25) is 0 Å². The maximum absolute atomic E-state index is 5.96. The Labute approximate surface area is 124 Å². The van der Waals surface area contributed by atoms with Gasteiger partial charge in [0.2, 0.25) is 5.89 Å². The fraction of sp³-hybridized carbons (Fsp3) is 0.588. The molecule has 2 aliphatic rings. The fourth-order valence-corrected chi connectivity index (χ4v) is 3.89. The van der Waals surface area contributed by atoms with E-state index < -0.39 is 0 Å². The minimum absolute atomic E-state index is 0.266. The first-order chi connectivity index (χ1) is 10.3. The quantitative estimate of drug-likeness (QED) is 0.911.